The van der Waals surface area contributed by atoms with E-state index in [-0.39, 0.29) is 35.0 Å². The maximum atomic E-state index is 14.1. The Labute approximate surface area is 187 Å². The summed E-state index contributed by atoms with van der Waals surface area (Å²) in [5.41, 5.74) is 0.317. The van der Waals surface area contributed by atoms with Gasteiger partial charge in [0.1, 0.15) is 17.9 Å². The van der Waals surface area contributed by atoms with Crippen molar-refractivity contribution in [2.24, 2.45) is 5.92 Å². The number of hydrogen-bond acceptors (Lipinski definition) is 3. The zero-order valence-corrected chi connectivity index (χ0v) is 17.6. The molecular formula is C23H20ClF3N2O3. The first-order valence-electron chi connectivity index (χ1n) is 10.2. The topological polar surface area (TPSA) is 66.5 Å². The van der Waals surface area contributed by atoms with Crippen LogP contribution in [-0.4, -0.2) is 29.6 Å². The van der Waals surface area contributed by atoms with Gasteiger partial charge in [-0.05, 0) is 30.7 Å². The van der Waals surface area contributed by atoms with E-state index in [2.05, 4.69) is 5.32 Å². The average Bonchev–Trinajstić information content (AvgIpc) is 3.16. The van der Waals surface area contributed by atoms with Crippen LogP contribution in [0.25, 0.3) is 0 Å². The molecule has 5 nitrogen and oxygen atoms in total. The van der Waals surface area contributed by atoms with Crippen LogP contribution in [0.1, 0.15) is 37.3 Å². The lowest BCUT2D eigenvalue weighted by molar-refractivity contribution is -0.150. The predicted octanol–water partition coefficient (Wildman–Crippen LogP) is 4.45. The molecule has 1 heterocycles. The highest BCUT2D eigenvalue weighted by Crippen LogP contribution is 2.46. The smallest absolute Gasteiger partial charge is 0.250 e. The van der Waals surface area contributed by atoms with Gasteiger partial charge in [0, 0.05) is 41.5 Å². The van der Waals surface area contributed by atoms with Crippen LogP contribution in [0.3, 0.4) is 0 Å². The van der Waals surface area contributed by atoms with Crippen molar-refractivity contribution in [1.29, 1.82) is 0 Å². The third kappa shape index (κ3) is 4.37. The van der Waals surface area contributed by atoms with Crippen molar-refractivity contribution < 1.29 is 27.6 Å². The fourth-order valence-electron chi connectivity index (χ4n) is 4.20. The van der Waals surface area contributed by atoms with Gasteiger partial charge in [0.15, 0.2) is 5.78 Å². The highest BCUT2D eigenvalue weighted by Gasteiger charge is 2.52. The quantitative estimate of drug-likeness (QED) is 0.687. The van der Waals surface area contributed by atoms with Gasteiger partial charge in [-0.15, -0.1) is 0 Å². The number of hydrogen-bond donors (Lipinski definition) is 1. The number of ketones is 1. The van der Waals surface area contributed by atoms with E-state index in [0.717, 1.165) is 11.0 Å². The minimum atomic E-state index is -2.95. The monoisotopic (exact) mass is 464 g/mol. The maximum absolute atomic E-state index is 14.1. The molecule has 1 aliphatic carbocycles. The van der Waals surface area contributed by atoms with Gasteiger partial charge in [0.25, 0.3) is 5.91 Å². The van der Waals surface area contributed by atoms with Gasteiger partial charge in [-0.1, -0.05) is 35.9 Å². The maximum Gasteiger partial charge on any atom is 0.250 e. The molecule has 1 unspecified atom stereocenters. The van der Waals surface area contributed by atoms with Gasteiger partial charge in [0.05, 0.1) is 0 Å². The number of halogens is 4. The van der Waals surface area contributed by atoms with E-state index < -0.39 is 54.3 Å². The third-order valence-corrected chi connectivity index (χ3v) is 6.18. The first-order chi connectivity index (χ1) is 15.2. The predicted molar refractivity (Wildman–Crippen MR) is 112 cm³/mol. The number of carbonyl (C=O) groups excluding carboxylic acids is 3. The van der Waals surface area contributed by atoms with E-state index in [1.807, 2.05) is 0 Å². The number of nitrogens with one attached hydrogen (secondary N) is 1. The molecule has 0 radical (unpaired) electrons. The van der Waals surface area contributed by atoms with E-state index in [1.165, 1.54) is 30.3 Å². The second-order valence-corrected chi connectivity index (χ2v) is 8.54. The summed E-state index contributed by atoms with van der Waals surface area (Å²) in [4.78, 5) is 39.8. The Kier molecular flexibility index (Phi) is 5.99. The fraction of sp³-hybridized carbons (Fsp3) is 0.348. The summed E-state index contributed by atoms with van der Waals surface area (Å²) >= 11 is 6.35. The van der Waals surface area contributed by atoms with Crippen LogP contribution in [0, 0.1) is 11.7 Å². The second-order valence-electron chi connectivity index (χ2n) is 8.13. The third-order valence-electron chi connectivity index (χ3n) is 5.84. The fourth-order valence-corrected chi connectivity index (χ4v) is 4.44. The molecule has 9 heteroatoms. The lowest BCUT2D eigenvalue weighted by atomic mass is 9.75. The number of alkyl halides is 2. The molecule has 1 saturated carbocycles. The van der Waals surface area contributed by atoms with Crippen molar-refractivity contribution in [2.75, 3.05) is 4.90 Å². The molecule has 1 aliphatic heterocycles. The Morgan fingerprint density at radius 2 is 1.84 bits per heavy atom. The summed E-state index contributed by atoms with van der Waals surface area (Å²) in [6.07, 6.45) is -0.919. The van der Waals surface area contributed by atoms with Crippen LogP contribution in [0.15, 0.2) is 48.5 Å². The van der Waals surface area contributed by atoms with Crippen LogP contribution in [0.2, 0.25) is 5.02 Å². The molecule has 2 fully saturated rings. The number of rotatable bonds is 6. The van der Waals surface area contributed by atoms with Gasteiger partial charge in [-0.2, -0.15) is 0 Å². The lowest BCUT2D eigenvalue weighted by Gasteiger charge is -2.40. The summed E-state index contributed by atoms with van der Waals surface area (Å²) in [7, 11) is 0. The summed E-state index contributed by atoms with van der Waals surface area (Å²) in [6, 6.07) is 9.13. The summed E-state index contributed by atoms with van der Waals surface area (Å²) in [6.45, 7) is 0. The van der Waals surface area contributed by atoms with E-state index in [9.17, 15) is 27.6 Å². The van der Waals surface area contributed by atoms with Crippen molar-refractivity contribution in [3.63, 3.8) is 0 Å². The van der Waals surface area contributed by atoms with Gasteiger partial charge >= 0.3 is 0 Å². The number of amides is 2. The molecule has 2 aliphatic rings. The largest absolute Gasteiger partial charge is 0.344 e. The van der Waals surface area contributed by atoms with E-state index in [4.69, 9.17) is 11.6 Å². The standard InChI is InChI=1S/C23H20ClF3N2O3/c24-17-7-2-1-6-16(17)20(21(31)13-11-23(26,27)12-13)29(15-5-3-4-14(25)10-15)22(32)18-8-9-19(30)28-18/h1-7,10,13,18,20H,8-9,11-12H2,(H,28,30)/t18-,20?/m0/s1. The molecule has 1 saturated heterocycles. The van der Waals surface area contributed by atoms with Crippen molar-refractivity contribution >= 4 is 34.9 Å². The minimum absolute atomic E-state index is 0.0699. The summed E-state index contributed by atoms with van der Waals surface area (Å²) in [5.74, 6) is -6.12. The Morgan fingerprint density at radius 3 is 2.44 bits per heavy atom. The number of benzene rings is 2. The molecule has 0 bridgehead atoms. The zero-order valence-electron chi connectivity index (χ0n) is 16.9. The number of nitrogens with zero attached hydrogens (tertiary/aromatic N) is 1. The zero-order chi connectivity index (χ0) is 23.0. The first-order valence-corrected chi connectivity index (χ1v) is 10.6. The second kappa shape index (κ2) is 8.58. The number of anilines is 1. The molecule has 4 rings (SSSR count). The molecule has 32 heavy (non-hydrogen) atoms. The summed E-state index contributed by atoms with van der Waals surface area (Å²) < 4.78 is 41.2. The van der Waals surface area contributed by atoms with Crippen molar-refractivity contribution in [1.82, 2.24) is 5.32 Å². The molecule has 1 N–H and O–H groups in total. The van der Waals surface area contributed by atoms with Crippen LogP contribution in [0.5, 0.6) is 0 Å². The molecule has 2 atom stereocenters. The van der Waals surface area contributed by atoms with Crippen molar-refractivity contribution in [3.05, 3.63) is 64.9 Å². The Balaban J connectivity index is 1.82. The molecule has 2 amide bonds. The Hall–Kier alpha value is -2.87. The van der Waals surface area contributed by atoms with Gasteiger partial charge < -0.3 is 5.32 Å². The highest BCUT2D eigenvalue weighted by atomic mass is 35.5. The molecule has 0 spiro atoms. The molecule has 0 aromatic heterocycles. The van der Waals surface area contributed by atoms with Crippen LogP contribution in [0.4, 0.5) is 18.9 Å². The molecular weight excluding hydrogens is 445 g/mol. The van der Waals surface area contributed by atoms with Crippen molar-refractivity contribution in [3.8, 4) is 0 Å². The summed E-state index contributed by atoms with van der Waals surface area (Å²) in [5, 5.41) is 2.73. The molecule has 168 valence electrons. The molecule has 2 aromatic rings. The van der Waals surface area contributed by atoms with Gasteiger partial charge in [-0.3, -0.25) is 19.3 Å². The number of carbonyl (C=O) groups is 3. The minimum Gasteiger partial charge on any atom is -0.344 e. The van der Waals surface area contributed by atoms with Crippen LogP contribution < -0.4 is 10.2 Å². The molecule has 2 aromatic carbocycles. The number of Topliss-reactive ketones (excluding diaryl/α,β-unsaturated/α-hetero) is 1. The first kappa shape index (κ1) is 22.3. The van der Waals surface area contributed by atoms with E-state index in [1.54, 1.807) is 12.1 Å². The van der Waals surface area contributed by atoms with E-state index in [0.29, 0.717) is 0 Å². The SMILES string of the molecule is O=C1CC[C@@H](C(=O)N(c2cccc(F)c2)C(C(=O)C2CC(F)(F)C2)c2ccccc2Cl)N1. The Bertz CT molecular complexity index is 1070. The average molecular weight is 465 g/mol. The highest BCUT2D eigenvalue weighted by molar-refractivity contribution is 6.31. The van der Waals surface area contributed by atoms with Crippen molar-refractivity contribution in [2.45, 2.75) is 43.7 Å². The van der Waals surface area contributed by atoms with E-state index >= 15 is 0 Å². The lowest BCUT2D eigenvalue weighted by Crippen LogP contribution is -2.51. The normalized spacial score (nSPS) is 20.9. The Morgan fingerprint density at radius 1 is 1.12 bits per heavy atom. The van der Waals surface area contributed by atoms with Crippen LogP contribution in [-0.2, 0) is 14.4 Å². The van der Waals surface area contributed by atoms with Crippen LogP contribution >= 0.6 is 11.6 Å². The van der Waals surface area contributed by atoms with Gasteiger partial charge in [-0.25, -0.2) is 13.2 Å². The van der Waals surface area contributed by atoms with Gasteiger partial charge in [0.2, 0.25) is 11.8 Å².